The Morgan fingerprint density at radius 1 is 0.622 bits per heavy atom. The first kappa shape index (κ1) is 22.7. The van der Waals surface area contributed by atoms with Crippen LogP contribution in [0, 0.1) is 0 Å². The number of rotatable bonds is 5. The quantitative estimate of drug-likeness (QED) is 0.245. The molecule has 37 heavy (non-hydrogen) atoms. The van der Waals surface area contributed by atoms with Crippen molar-refractivity contribution in [1.29, 1.82) is 0 Å². The predicted molar refractivity (Wildman–Crippen MR) is 149 cm³/mol. The summed E-state index contributed by atoms with van der Waals surface area (Å²) in [5.74, 6) is -0.484. The van der Waals surface area contributed by atoms with Crippen molar-refractivity contribution in [2.45, 2.75) is 0 Å². The zero-order valence-corrected chi connectivity index (χ0v) is 20.4. The van der Waals surface area contributed by atoms with E-state index in [9.17, 15) is 9.59 Å². The Balaban J connectivity index is 1.52. The molecule has 0 saturated heterocycles. The number of hydrogen-bond donors (Lipinski definition) is 0. The van der Waals surface area contributed by atoms with Crippen LogP contribution in [0.1, 0.15) is 15.9 Å². The Labute approximate surface area is 218 Å². The summed E-state index contributed by atoms with van der Waals surface area (Å²) in [6.07, 6.45) is 0. The molecular formula is C30H20N4O2S. The molecule has 0 fully saturated rings. The van der Waals surface area contributed by atoms with Gasteiger partial charge in [0.05, 0.1) is 11.4 Å². The van der Waals surface area contributed by atoms with E-state index < -0.39 is 0 Å². The highest BCUT2D eigenvalue weighted by Gasteiger charge is 2.40. The van der Waals surface area contributed by atoms with Crippen molar-refractivity contribution in [2.24, 2.45) is 10.2 Å². The van der Waals surface area contributed by atoms with Gasteiger partial charge in [-0.25, -0.2) is 5.01 Å². The molecule has 7 heteroatoms. The molecule has 0 N–H and O–H groups in total. The van der Waals surface area contributed by atoms with Crippen LogP contribution in [0.2, 0.25) is 0 Å². The molecule has 6 nitrogen and oxygen atoms in total. The molecule has 0 spiro atoms. The molecule has 2 aliphatic heterocycles. The molecule has 0 atom stereocenters. The number of carbonyl (C=O) groups excluding carboxylic acids is 2. The molecule has 1 amide bonds. The number of nitrogens with zero attached hydrogens (tertiary/aromatic N) is 4. The van der Waals surface area contributed by atoms with Crippen LogP contribution in [0.4, 0.5) is 11.4 Å². The highest BCUT2D eigenvalue weighted by Crippen LogP contribution is 2.41. The summed E-state index contributed by atoms with van der Waals surface area (Å²) >= 11 is 1.19. The highest BCUT2D eigenvalue weighted by molar-refractivity contribution is 8.19. The van der Waals surface area contributed by atoms with Gasteiger partial charge in [0.2, 0.25) is 5.78 Å². The van der Waals surface area contributed by atoms with Gasteiger partial charge in [0, 0.05) is 11.1 Å². The molecule has 0 radical (unpaired) electrons. The van der Waals surface area contributed by atoms with Gasteiger partial charge in [-0.05, 0) is 36.0 Å². The zero-order chi connectivity index (χ0) is 25.2. The number of Topliss-reactive ketones (excluding diaryl/α,β-unsaturated/α-hetero) is 1. The molecule has 6 rings (SSSR count). The van der Waals surface area contributed by atoms with Gasteiger partial charge < -0.3 is 0 Å². The fourth-order valence-corrected chi connectivity index (χ4v) is 5.17. The second-order valence-corrected chi connectivity index (χ2v) is 9.27. The number of para-hydroxylation sites is 2. The molecule has 0 bridgehead atoms. The van der Waals surface area contributed by atoms with Crippen LogP contribution in [0.25, 0.3) is 0 Å². The van der Waals surface area contributed by atoms with Crippen LogP contribution >= 0.6 is 11.8 Å². The summed E-state index contributed by atoms with van der Waals surface area (Å²) in [6.45, 7) is 0. The second kappa shape index (κ2) is 9.72. The Hall–Kier alpha value is -4.75. The van der Waals surface area contributed by atoms with Gasteiger partial charge in [-0.2, -0.15) is 15.2 Å². The number of amides is 1. The van der Waals surface area contributed by atoms with E-state index in [-0.39, 0.29) is 16.7 Å². The number of carbonyl (C=O) groups is 2. The van der Waals surface area contributed by atoms with Crippen molar-refractivity contribution in [3.8, 4) is 0 Å². The van der Waals surface area contributed by atoms with Crippen molar-refractivity contribution >= 4 is 45.6 Å². The maximum absolute atomic E-state index is 14.0. The monoisotopic (exact) mass is 500 g/mol. The minimum atomic E-state index is -0.280. The predicted octanol–water partition coefficient (Wildman–Crippen LogP) is 6.10. The van der Waals surface area contributed by atoms with Crippen molar-refractivity contribution in [3.63, 3.8) is 0 Å². The van der Waals surface area contributed by atoms with Crippen LogP contribution in [0.15, 0.2) is 142 Å². The van der Waals surface area contributed by atoms with E-state index in [4.69, 9.17) is 10.2 Å². The van der Waals surface area contributed by atoms with Gasteiger partial charge in [0.15, 0.2) is 5.04 Å². The lowest BCUT2D eigenvalue weighted by Gasteiger charge is -2.18. The number of benzene rings is 4. The van der Waals surface area contributed by atoms with Gasteiger partial charge in [-0.1, -0.05) is 97.1 Å². The number of hydrazone groups is 2. The fourth-order valence-electron chi connectivity index (χ4n) is 4.13. The van der Waals surface area contributed by atoms with Crippen molar-refractivity contribution in [2.75, 3.05) is 10.0 Å². The minimum Gasteiger partial charge on any atom is -0.286 e. The minimum absolute atomic E-state index is 0.203. The molecule has 2 heterocycles. The van der Waals surface area contributed by atoms with Crippen molar-refractivity contribution in [3.05, 3.63) is 143 Å². The SMILES string of the molecule is O=C(C1=NN(c2ccccc2)/C(=C2/C(=O)N(c3ccccc3)N=C2c2ccccc2)S1)c1ccccc1. The summed E-state index contributed by atoms with van der Waals surface area (Å²) < 4.78 is 0. The first-order valence-electron chi connectivity index (χ1n) is 11.7. The number of hydrogen-bond acceptors (Lipinski definition) is 6. The van der Waals surface area contributed by atoms with Crippen LogP contribution in [0.3, 0.4) is 0 Å². The molecular weight excluding hydrogens is 480 g/mol. The molecule has 0 saturated carbocycles. The van der Waals surface area contributed by atoms with Gasteiger partial charge >= 0.3 is 0 Å². The largest absolute Gasteiger partial charge is 0.286 e. The first-order chi connectivity index (χ1) is 18.2. The Kier molecular flexibility index (Phi) is 5.96. The van der Waals surface area contributed by atoms with E-state index in [0.717, 1.165) is 11.3 Å². The van der Waals surface area contributed by atoms with Gasteiger partial charge in [-0.15, -0.1) is 0 Å². The van der Waals surface area contributed by atoms with Gasteiger partial charge in [0.1, 0.15) is 16.3 Å². The van der Waals surface area contributed by atoms with Crippen LogP contribution < -0.4 is 10.0 Å². The summed E-state index contributed by atoms with van der Waals surface area (Å²) in [5.41, 5.74) is 3.66. The topological polar surface area (TPSA) is 65.3 Å². The van der Waals surface area contributed by atoms with E-state index in [0.29, 0.717) is 27.6 Å². The van der Waals surface area contributed by atoms with E-state index in [2.05, 4.69) is 0 Å². The van der Waals surface area contributed by atoms with Crippen LogP contribution in [0.5, 0.6) is 0 Å². The lowest BCUT2D eigenvalue weighted by atomic mass is 10.0. The summed E-state index contributed by atoms with van der Waals surface area (Å²) in [6, 6.07) is 37.4. The van der Waals surface area contributed by atoms with E-state index in [1.165, 1.54) is 16.8 Å². The second-order valence-electron chi connectivity index (χ2n) is 8.30. The normalized spacial score (nSPS) is 17.1. The molecule has 4 aromatic rings. The lowest BCUT2D eigenvalue weighted by molar-refractivity contribution is -0.114. The zero-order valence-electron chi connectivity index (χ0n) is 19.6. The molecule has 4 aromatic carbocycles. The number of anilines is 2. The smallest absolute Gasteiger partial charge is 0.283 e. The maximum Gasteiger partial charge on any atom is 0.283 e. The lowest BCUT2D eigenvalue weighted by Crippen LogP contribution is -2.24. The van der Waals surface area contributed by atoms with E-state index in [1.807, 2.05) is 109 Å². The average Bonchev–Trinajstić information content (AvgIpc) is 3.56. The average molecular weight is 501 g/mol. The van der Waals surface area contributed by atoms with E-state index in [1.54, 1.807) is 17.1 Å². The molecule has 2 aliphatic rings. The first-order valence-corrected chi connectivity index (χ1v) is 12.5. The van der Waals surface area contributed by atoms with Crippen LogP contribution in [-0.4, -0.2) is 22.4 Å². The third-order valence-corrected chi connectivity index (χ3v) is 6.94. The van der Waals surface area contributed by atoms with Gasteiger partial charge in [-0.3, -0.25) is 9.59 Å². The fraction of sp³-hybridized carbons (Fsp3) is 0. The van der Waals surface area contributed by atoms with Crippen LogP contribution in [-0.2, 0) is 4.79 Å². The highest BCUT2D eigenvalue weighted by atomic mass is 32.2. The Morgan fingerprint density at radius 2 is 1.14 bits per heavy atom. The van der Waals surface area contributed by atoms with Crippen molar-refractivity contribution in [1.82, 2.24) is 0 Å². The molecule has 178 valence electrons. The number of thioether (sulfide) groups is 1. The number of ketones is 1. The Bertz CT molecular complexity index is 1570. The summed E-state index contributed by atoms with van der Waals surface area (Å²) in [7, 11) is 0. The Morgan fingerprint density at radius 3 is 1.73 bits per heavy atom. The third-order valence-electron chi connectivity index (χ3n) is 5.91. The third kappa shape index (κ3) is 4.26. The van der Waals surface area contributed by atoms with Crippen molar-refractivity contribution < 1.29 is 9.59 Å². The molecule has 0 aliphatic carbocycles. The molecule has 0 unspecified atom stereocenters. The summed E-state index contributed by atoms with van der Waals surface area (Å²) in [4.78, 5) is 27.4. The molecule has 0 aromatic heterocycles. The maximum atomic E-state index is 14.0. The standard InChI is InChI=1S/C30H20N4O2S/c35-27(22-15-7-2-8-16-22)28-32-34(24-19-11-4-12-20-24)30(37-28)25-26(21-13-5-1-6-14-21)31-33(29(25)36)23-17-9-3-10-18-23/h1-20H/b30-25-. The van der Waals surface area contributed by atoms with Gasteiger partial charge in [0.25, 0.3) is 5.91 Å². The van der Waals surface area contributed by atoms with E-state index >= 15 is 0 Å². The summed E-state index contributed by atoms with van der Waals surface area (Å²) in [5, 5.41) is 13.4.